The number of halogens is 2. The van der Waals surface area contributed by atoms with Gasteiger partial charge in [-0.2, -0.15) is 25.6 Å². The van der Waals surface area contributed by atoms with Crippen LogP contribution in [0.3, 0.4) is 0 Å². The number of hydrogen-bond acceptors (Lipinski definition) is 5. The molecule has 40 heavy (non-hydrogen) atoms. The Morgan fingerprint density at radius 1 is 0.600 bits per heavy atom. The minimum absolute atomic E-state index is 0.540. The zero-order valence-corrected chi connectivity index (χ0v) is 20.5. The van der Waals surface area contributed by atoms with Crippen molar-refractivity contribution < 1.29 is 8.78 Å². The van der Waals surface area contributed by atoms with Gasteiger partial charge in [0.1, 0.15) is 0 Å². The number of pyridine rings is 2. The topological polar surface area (TPSA) is 78.6 Å². The zero-order valence-electron chi connectivity index (χ0n) is 20.5. The maximum absolute atomic E-state index is 13.4. The molecule has 8 heteroatoms. The molecule has 186 valence electrons. The van der Waals surface area contributed by atoms with Crippen LogP contribution in [0.5, 0.6) is 0 Å². The normalized spacial score (nSPS) is 12.5. The second-order valence-corrected chi connectivity index (χ2v) is 9.31. The fourth-order valence-corrected chi connectivity index (χ4v) is 5.46. The van der Waals surface area contributed by atoms with Gasteiger partial charge < -0.3 is 0 Å². The smallest absolute Gasteiger partial charge is 0.212 e. The number of benzene rings is 3. The molecule has 2 aromatic heterocycles. The van der Waals surface area contributed by atoms with E-state index in [0.717, 1.165) is 65.3 Å². The van der Waals surface area contributed by atoms with Crippen LogP contribution in [-0.4, -0.2) is 9.97 Å². The van der Waals surface area contributed by atoms with E-state index in [1.54, 1.807) is 12.1 Å². The van der Waals surface area contributed by atoms with Gasteiger partial charge in [-0.1, -0.05) is 24.3 Å². The fraction of sp³-hybridized carbons (Fsp3) is 0. The maximum Gasteiger partial charge on any atom is 0.212 e. The molecular weight excluding hydrogens is 506 g/mol. The summed E-state index contributed by atoms with van der Waals surface area (Å²) in [6, 6.07) is 21.5. The molecule has 7 aromatic rings. The van der Waals surface area contributed by atoms with E-state index in [0.29, 0.717) is 10.7 Å². The molecule has 0 spiro atoms. The van der Waals surface area contributed by atoms with E-state index in [-0.39, 0.29) is 0 Å². The van der Waals surface area contributed by atoms with E-state index in [1.165, 1.54) is 24.5 Å². The number of rotatable bonds is 2. The first-order chi connectivity index (χ1) is 19.6. The molecule has 0 bridgehead atoms. The predicted molar refractivity (Wildman–Crippen MR) is 149 cm³/mol. The molecule has 0 saturated carbocycles. The quantitative estimate of drug-likeness (QED) is 0.110. The summed E-state index contributed by atoms with van der Waals surface area (Å²) in [5.41, 5.74) is 3.13. The lowest BCUT2D eigenvalue weighted by molar-refractivity contribution is 0.583. The second-order valence-electron chi connectivity index (χ2n) is 9.31. The molecule has 0 aliphatic carbocycles. The first-order valence-corrected chi connectivity index (χ1v) is 12.2. The van der Waals surface area contributed by atoms with Crippen LogP contribution in [0.4, 0.5) is 8.78 Å². The number of nitriles is 1. The van der Waals surface area contributed by atoms with Crippen LogP contribution in [0.1, 0.15) is 0 Å². The monoisotopic (exact) mass is 520 g/mol. The highest BCUT2D eigenvalue weighted by Gasteiger charge is 2.17. The van der Waals surface area contributed by atoms with E-state index >= 15 is 0 Å². The summed E-state index contributed by atoms with van der Waals surface area (Å²) >= 11 is 0. The van der Waals surface area contributed by atoms with Gasteiger partial charge in [0.2, 0.25) is 18.1 Å². The van der Waals surface area contributed by atoms with Crippen molar-refractivity contribution in [1.82, 2.24) is 9.97 Å². The molecule has 0 aliphatic heterocycles. The molecule has 0 atom stereocenters. The van der Waals surface area contributed by atoms with E-state index in [4.69, 9.17) is 6.57 Å². The summed E-state index contributed by atoms with van der Waals surface area (Å²) in [4.78, 5) is 15.0. The van der Waals surface area contributed by atoms with E-state index in [2.05, 4.69) is 25.0 Å². The summed E-state index contributed by atoms with van der Waals surface area (Å²) in [5, 5.41) is 21.5. The largest absolute Gasteiger partial charge is 0.228 e. The van der Waals surface area contributed by atoms with Crippen molar-refractivity contribution in [3.8, 4) is 28.4 Å². The Bertz CT molecular complexity index is 2180. The van der Waals surface area contributed by atoms with Gasteiger partial charge >= 0.3 is 0 Å². The minimum Gasteiger partial charge on any atom is -0.228 e. The Kier molecular flexibility index (Phi) is 5.16. The van der Waals surface area contributed by atoms with Gasteiger partial charge in [-0.3, -0.25) is 0 Å². The highest BCUT2D eigenvalue weighted by atomic mass is 19.1. The first kappa shape index (κ1) is 23.3. The SMILES string of the molecule is [C-]#[N+]/N=c1/c2cc(-c3ccc(F)nc3)ccc2c2cc3c(=NC#N)c4cc(-c5ccc(F)nc5)ccc4c3cc12. The first-order valence-electron chi connectivity index (χ1n) is 12.2. The summed E-state index contributed by atoms with van der Waals surface area (Å²) in [6.45, 7) is 7.47. The Morgan fingerprint density at radius 3 is 1.55 bits per heavy atom. The molecular formula is C32H14F2N6. The molecule has 0 N–H and O–H groups in total. The Morgan fingerprint density at radius 2 is 1.07 bits per heavy atom. The zero-order chi connectivity index (χ0) is 27.4. The van der Waals surface area contributed by atoms with Crippen LogP contribution in [0.25, 0.3) is 70.3 Å². The molecule has 0 amide bonds. The van der Waals surface area contributed by atoms with Gasteiger partial charge in [0, 0.05) is 45.1 Å². The highest BCUT2D eigenvalue weighted by Crippen LogP contribution is 2.35. The summed E-state index contributed by atoms with van der Waals surface area (Å²) < 4.78 is 26.8. The summed E-state index contributed by atoms with van der Waals surface area (Å²) in [7, 11) is 0. The van der Waals surface area contributed by atoms with E-state index in [9.17, 15) is 14.0 Å². The van der Waals surface area contributed by atoms with Crippen LogP contribution < -0.4 is 10.7 Å². The summed E-state index contributed by atoms with van der Waals surface area (Å²) in [5.74, 6) is -1.11. The number of hydrogen-bond donors (Lipinski definition) is 0. The average Bonchev–Trinajstić information content (AvgIpc) is 3.44. The molecule has 0 saturated heterocycles. The van der Waals surface area contributed by atoms with Crippen molar-refractivity contribution in [2.75, 3.05) is 0 Å². The highest BCUT2D eigenvalue weighted by molar-refractivity contribution is 6.21. The van der Waals surface area contributed by atoms with Crippen molar-refractivity contribution in [3.05, 3.63) is 119 Å². The molecule has 0 unspecified atom stereocenters. The molecule has 2 heterocycles. The van der Waals surface area contributed by atoms with E-state index in [1.807, 2.05) is 54.7 Å². The minimum atomic E-state index is -0.558. The molecule has 0 aliphatic rings. The van der Waals surface area contributed by atoms with E-state index < -0.39 is 11.9 Å². The van der Waals surface area contributed by atoms with Gasteiger partial charge in [0.15, 0.2) is 5.36 Å². The number of nitrogens with zero attached hydrogens (tertiary/aromatic N) is 6. The van der Waals surface area contributed by atoms with Crippen LogP contribution in [0.2, 0.25) is 0 Å². The third-order valence-corrected chi connectivity index (χ3v) is 7.23. The maximum atomic E-state index is 13.4. The van der Waals surface area contributed by atoms with Gasteiger partial charge in [-0.25, -0.2) is 9.97 Å². The number of fused-ring (bicyclic) bond motifs is 6. The number of aromatic nitrogens is 2. The molecule has 0 fully saturated rings. The van der Waals surface area contributed by atoms with Gasteiger partial charge in [0.25, 0.3) is 0 Å². The third kappa shape index (κ3) is 3.52. The second kappa shape index (κ2) is 8.87. The van der Waals surface area contributed by atoms with Gasteiger partial charge in [-0.05, 0) is 81.2 Å². The Hall–Kier alpha value is -5.86. The lowest BCUT2D eigenvalue weighted by Gasteiger charge is -2.02. The van der Waals surface area contributed by atoms with Crippen LogP contribution in [0, 0.1) is 29.9 Å². The van der Waals surface area contributed by atoms with Crippen LogP contribution >= 0.6 is 0 Å². The van der Waals surface area contributed by atoms with Crippen molar-refractivity contribution >= 4 is 43.1 Å². The van der Waals surface area contributed by atoms with Crippen molar-refractivity contribution in [1.29, 1.82) is 5.26 Å². The third-order valence-electron chi connectivity index (χ3n) is 7.23. The van der Waals surface area contributed by atoms with Crippen molar-refractivity contribution in [3.63, 3.8) is 0 Å². The molecule has 0 radical (unpaired) electrons. The van der Waals surface area contributed by atoms with Crippen LogP contribution in [-0.2, 0) is 0 Å². The lowest BCUT2D eigenvalue weighted by atomic mass is 10.0. The predicted octanol–water partition coefficient (Wildman–Crippen LogP) is 6.69. The lowest BCUT2D eigenvalue weighted by Crippen LogP contribution is -1.99. The molecule has 7 rings (SSSR count). The van der Waals surface area contributed by atoms with Crippen LogP contribution in [0.15, 0.2) is 95.3 Å². The standard InChI is InChI=1S/C32H14F2N6/c1-36-40-32-26-11-18(20-5-9-30(34)38-15-20)3-7-22(26)24-12-27-23(13-28(24)32)21-6-2-17(10-25(21)31(27)39-16-35)19-4-8-29(33)37-14-19/h2-15H/b39-31?,40-32-. The Balaban J connectivity index is 1.54. The van der Waals surface area contributed by atoms with Gasteiger partial charge in [0.05, 0.1) is 10.5 Å². The average molecular weight is 521 g/mol. The van der Waals surface area contributed by atoms with Crippen molar-refractivity contribution in [2.24, 2.45) is 10.1 Å². The summed E-state index contributed by atoms with van der Waals surface area (Å²) in [6.07, 6.45) is 4.87. The fourth-order valence-electron chi connectivity index (χ4n) is 5.46. The molecule has 6 nitrogen and oxygen atoms in total. The Labute approximate surface area is 225 Å². The molecule has 5 aromatic carbocycles. The van der Waals surface area contributed by atoms with Crippen molar-refractivity contribution in [2.45, 2.75) is 0 Å². The van der Waals surface area contributed by atoms with Gasteiger partial charge in [-0.15, -0.1) is 4.95 Å².